The molecular formula is C12H10N4. The van der Waals surface area contributed by atoms with Gasteiger partial charge in [-0.25, -0.2) is 4.98 Å². The smallest absolute Gasteiger partial charge is 0.126 e. The van der Waals surface area contributed by atoms with Gasteiger partial charge in [-0.3, -0.25) is 4.98 Å². The van der Waals surface area contributed by atoms with Crippen molar-refractivity contribution >= 4 is 5.82 Å². The van der Waals surface area contributed by atoms with Crippen LogP contribution in [0.15, 0.2) is 42.9 Å². The fourth-order valence-electron chi connectivity index (χ4n) is 1.26. The first kappa shape index (κ1) is 10.1. The molecule has 4 nitrogen and oxygen atoms in total. The molecule has 0 aliphatic rings. The van der Waals surface area contributed by atoms with Crippen molar-refractivity contribution in [2.45, 2.75) is 6.54 Å². The van der Waals surface area contributed by atoms with Crippen molar-refractivity contribution in [3.8, 4) is 6.07 Å². The van der Waals surface area contributed by atoms with Crippen LogP contribution in [0.25, 0.3) is 0 Å². The molecule has 16 heavy (non-hydrogen) atoms. The summed E-state index contributed by atoms with van der Waals surface area (Å²) in [5, 5.41) is 11.8. The average molecular weight is 210 g/mol. The Hall–Kier alpha value is -2.41. The molecule has 4 heteroatoms. The summed E-state index contributed by atoms with van der Waals surface area (Å²) in [7, 11) is 0. The molecule has 0 aromatic carbocycles. The van der Waals surface area contributed by atoms with Gasteiger partial charge in [0.05, 0.1) is 5.56 Å². The fraction of sp³-hybridized carbons (Fsp3) is 0.0833. The monoisotopic (exact) mass is 210 g/mol. The molecule has 2 heterocycles. The van der Waals surface area contributed by atoms with Gasteiger partial charge in [-0.1, -0.05) is 0 Å². The van der Waals surface area contributed by atoms with Crippen LogP contribution in [0.2, 0.25) is 0 Å². The van der Waals surface area contributed by atoms with Gasteiger partial charge in [0.1, 0.15) is 11.9 Å². The van der Waals surface area contributed by atoms with E-state index in [0.717, 1.165) is 11.4 Å². The highest BCUT2D eigenvalue weighted by Crippen LogP contribution is 2.06. The second-order valence-electron chi connectivity index (χ2n) is 3.25. The van der Waals surface area contributed by atoms with E-state index in [4.69, 9.17) is 5.26 Å². The van der Waals surface area contributed by atoms with Gasteiger partial charge >= 0.3 is 0 Å². The maximum Gasteiger partial charge on any atom is 0.126 e. The minimum atomic E-state index is 0.564. The van der Waals surface area contributed by atoms with Crippen LogP contribution >= 0.6 is 0 Å². The summed E-state index contributed by atoms with van der Waals surface area (Å²) in [6.07, 6.45) is 5.06. The molecule has 0 fully saturated rings. The Morgan fingerprint density at radius 3 is 2.62 bits per heavy atom. The number of anilines is 1. The number of aromatic nitrogens is 2. The lowest BCUT2D eigenvalue weighted by Gasteiger charge is -2.04. The van der Waals surface area contributed by atoms with Crippen molar-refractivity contribution < 1.29 is 0 Å². The molecule has 0 bridgehead atoms. The summed E-state index contributed by atoms with van der Waals surface area (Å²) in [5.41, 5.74) is 1.70. The third kappa shape index (κ3) is 2.55. The van der Waals surface area contributed by atoms with Crippen LogP contribution in [0.5, 0.6) is 0 Å². The Labute approximate surface area is 93.6 Å². The van der Waals surface area contributed by atoms with Crippen molar-refractivity contribution in [2.75, 3.05) is 5.32 Å². The lowest BCUT2D eigenvalue weighted by atomic mass is 10.2. The molecule has 2 rings (SSSR count). The van der Waals surface area contributed by atoms with E-state index in [1.807, 2.05) is 18.2 Å². The second-order valence-corrected chi connectivity index (χ2v) is 3.25. The predicted molar refractivity (Wildman–Crippen MR) is 60.5 cm³/mol. The van der Waals surface area contributed by atoms with Gasteiger partial charge in [-0.2, -0.15) is 5.26 Å². The number of pyridine rings is 2. The second kappa shape index (κ2) is 4.89. The standard InChI is InChI=1S/C12H10N4/c13-7-11-1-2-12(16-9-11)15-8-10-3-5-14-6-4-10/h1-6,9H,8H2,(H,15,16). The number of nitrogens with zero attached hydrogens (tertiary/aromatic N) is 3. The molecule has 0 spiro atoms. The van der Waals surface area contributed by atoms with Gasteiger partial charge in [0, 0.05) is 25.1 Å². The molecule has 0 aliphatic heterocycles. The third-order valence-electron chi connectivity index (χ3n) is 2.12. The first-order valence-electron chi connectivity index (χ1n) is 4.87. The predicted octanol–water partition coefficient (Wildman–Crippen LogP) is 1.96. The van der Waals surface area contributed by atoms with Gasteiger partial charge in [0.15, 0.2) is 0 Å². The molecule has 0 radical (unpaired) electrons. The number of nitriles is 1. The Bertz CT molecular complexity index is 485. The summed E-state index contributed by atoms with van der Waals surface area (Å²) in [6, 6.07) is 9.44. The molecule has 0 aliphatic carbocycles. The number of rotatable bonds is 3. The molecule has 0 saturated carbocycles. The van der Waals surface area contributed by atoms with Crippen molar-refractivity contribution in [2.24, 2.45) is 0 Å². The highest BCUT2D eigenvalue weighted by Gasteiger charge is 1.95. The van der Waals surface area contributed by atoms with Gasteiger partial charge < -0.3 is 5.32 Å². The zero-order valence-electron chi connectivity index (χ0n) is 8.59. The molecule has 0 amide bonds. The molecule has 1 N–H and O–H groups in total. The number of hydrogen-bond donors (Lipinski definition) is 1. The summed E-state index contributed by atoms with van der Waals surface area (Å²) < 4.78 is 0. The van der Waals surface area contributed by atoms with E-state index >= 15 is 0 Å². The van der Waals surface area contributed by atoms with E-state index in [1.54, 1.807) is 30.7 Å². The van der Waals surface area contributed by atoms with Gasteiger partial charge in [-0.15, -0.1) is 0 Å². The summed E-state index contributed by atoms with van der Waals surface area (Å²) in [4.78, 5) is 8.06. The van der Waals surface area contributed by atoms with Crippen LogP contribution in [-0.4, -0.2) is 9.97 Å². The minimum absolute atomic E-state index is 0.564. The number of hydrogen-bond acceptors (Lipinski definition) is 4. The van der Waals surface area contributed by atoms with E-state index < -0.39 is 0 Å². The first-order chi connectivity index (χ1) is 7.88. The van der Waals surface area contributed by atoms with Crippen LogP contribution < -0.4 is 5.32 Å². The molecule has 0 atom stereocenters. The minimum Gasteiger partial charge on any atom is -0.366 e. The van der Waals surface area contributed by atoms with Crippen LogP contribution in [-0.2, 0) is 6.54 Å². The van der Waals surface area contributed by atoms with Crippen LogP contribution in [0.4, 0.5) is 5.82 Å². The maximum atomic E-state index is 8.62. The Kier molecular flexibility index (Phi) is 3.10. The fourth-order valence-corrected chi connectivity index (χ4v) is 1.26. The Balaban J connectivity index is 1.98. The topological polar surface area (TPSA) is 61.6 Å². The highest BCUT2D eigenvalue weighted by atomic mass is 15.0. The molecule has 78 valence electrons. The molecule has 0 unspecified atom stereocenters. The lowest BCUT2D eigenvalue weighted by Crippen LogP contribution is -2.01. The van der Waals surface area contributed by atoms with Crippen molar-refractivity contribution in [1.82, 2.24) is 9.97 Å². The van der Waals surface area contributed by atoms with Crippen molar-refractivity contribution in [3.05, 3.63) is 54.0 Å². The van der Waals surface area contributed by atoms with Gasteiger partial charge in [-0.05, 0) is 29.8 Å². The Morgan fingerprint density at radius 1 is 1.19 bits per heavy atom. The SMILES string of the molecule is N#Cc1ccc(NCc2ccncc2)nc1. The largest absolute Gasteiger partial charge is 0.366 e. The van der Waals surface area contributed by atoms with E-state index in [-0.39, 0.29) is 0 Å². The average Bonchev–Trinajstić information content (AvgIpc) is 2.38. The molecule has 2 aromatic heterocycles. The van der Waals surface area contributed by atoms with E-state index in [2.05, 4.69) is 15.3 Å². The zero-order chi connectivity index (χ0) is 11.2. The van der Waals surface area contributed by atoms with Gasteiger partial charge in [0.2, 0.25) is 0 Å². The number of nitrogens with one attached hydrogen (secondary N) is 1. The molecular weight excluding hydrogens is 200 g/mol. The van der Waals surface area contributed by atoms with E-state index in [9.17, 15) is 0 Å². The third-order valence-corrected chi connectivity index (χ3v) is 2.12. The van der Waals surface area contributed by atoms with Crippen LogP contribution in [0, 0.1) is 11.3 Å². The van der Waals surface area contributed by atoms with E-state index in [1.165, 1.54) is 0 Å². The molecule has 2 aromatic rings. The van der Waals surface area contributed by atoms with Crippen molar-refractivity contribution in [1.29, 1.82) is 5.26 Å². The lowest BCUT2D eigenvalue weighted by molar-refractivity contribution is 1.10. The van der Waals surface area contributed by atoms with E-state index in [0.29, 0.717) is 12.1 Å². The summed E-state index contributed by atoms with van der Waals surface area (Å²) in [6.45, 7) is 0.696. The normalized spacial score (nSPS) is 9.44. The quantitative estimate of drug-likeness (QED) is 0.841. The van der Waals surface area contributed by atoms with Crippen LogP contribution in [0.1, 0.15) is 11.1 Å². The van der Waals surface area contributed by atoms with Crippen molar-refractivity contribution in [3.63, 3.8) is 0 Å². The maximum absolute atomic E-state index is 8.62. The molecule has 0 saturated heterocycles. The highest BCUT2D eigenvalue weighted by molar-refractivity contribution is 5.39. The first-order valence-corrected chi connectivity index (χ1v) is 4.87. The summed E-state index contributed by atoms with van der Waals surface area (Å²) >= 11 is 0. The zero-order valence-corrected chi connectivity index (χ0v) is 8.59. The Morgan fingerprint density at radius 2 is 2.00 bits per heavy atom. The van der Waals surface area contributed by atoms with Crippen LogP contribution in [0.3, 0.4) is 0 Å². The van der Waals surface area contributed by atoms with Gasteiger partial charge in [0.25, 0.3) is 0 Å². The summed E-state index contributed by atoms with van der Waals surface area (Å²) in [5.74, 6) is 0.760.